The van der Waals surface area contributed by atoms with Crippen LogP contribution in [-0.4, -0.2) is 25.6 Å². The maximum absolute atomic E-state index is 11.6. The van der Waals surface area contributed by atoms with E-state index in [9.17, 15) is 18.2 Å². The van der Waals surface area contributed by atoms with E-state index in [-0.39, 0.29) is 5.46 Å². The van der Waals surface area contributed by atoms with Crippen molar-refractivity contribution in [2.24, 2.45) is 0 Å². The molecule has 16 heavy (non-hydrogen) atoms. The Kier molecular flexibility index (Phi) is 4.16. The molecule has 0 aromatic heterocycles. The molecule has 0 amide bonds. The van der Waals surface area contributed by atoms with Crippen molar-refractivity contribution in [1.29, 1.82) is 0 Å². The standard InChI is InChI=1S/C8H8BF3O4/c1-14-7-4-2-3-6(5-7)9(13)16-15-8(10,11)12/h2-5,13H,1H3. The van der Waals surface area contributed by atoms with Gasteiger partial charge in [0.1, 0.15) is 5.75 Å². The molecule has 0 radical (unpaired) electrons. The van der Waals surface area contributed by atoms with E-state index in [0.717, 1.165) is 0 Å². The fourth-order valence-corrected chi connectivity index (χ4v) is 0.951. The first-order valence-electron chi connectivity index (χ1n) is 4.15. The van der Waals surface area contributed by atoms with Crippen LogP contribution in [0.5, 0.6) is 5.75 Å². The molecular weight excluding hydrogens is 228 g/mol. The van der Waals surface area contributed by atoms with Crippen molar-refractivity contribution in [3.8, 4) is 5.75 Å². The van der Waals surface area contributed by atoms with Gasteiger partial charge in [0.15, 0.2) is 0 Å². The van der Waals surface area contributed by atoms with Gasteiger partial charge in [0.05, 0.1) is 7.11 Å². The second-order valence-electron chi connectivity index (χ2n) is 2.75. The molecular formula is C8H8BF3O4. The predicted octanol–water partition coefficient (Wildman–Crippen LogP) is 0.851. The fraction of sp³-hybridized carbons (Fsp3) is 0.250. The summed E-state index contributed by atoms with van der Waals surface area (Å²) in [5.74, 6) is 0.382. The first-order valence-corrected chi connectivity index (χ1v) is 4.15. The minimum atomic E-state index is -4.96. The second kappa shape index (κ2) is 5.19. The Labute approximate surface area is 89.6 Å². The van der Waals surface area contributed by atoms with Gasteiger partial charge in [-0.05, 0) is 17.6 Å². The van der Waals surface area contributed by atoms with Crippen LogP contribution < -0.4 is 10.2 Å². The summed E-state index contributed by atoms with van der Waals surface area (Å²) < 4.78 is 39.6. The van der Waals surface area contributed by atoms with Gasteiger partial charge < -0.3 is 9.76 Å². The summed E-state index contributed by atoms with van der Waals surface area (Å²) >= 11 is 0. The van der Waals surface area contributed by atoms with Crippen LogP contribution in [0.25, 0.3) is 0 Å². The lowest BCUT2D eigenvalue weighted by atomic mass is 9.80. The van der Waals surface area contributed by atoms with Crippen LogP contribution in [0.15, 0.2) is 24.3 Å². The zero-order valence-corrected chi connectivity index (χ0v) is 8.19. The Morgan fingerprint density at radius 1 is 1.31 bits per heavy atom. The number of benzene rings is 1. The van der Waals surface area contributed by atoms with Crippen molar-refractivity contribution >= 4 is 12.6 Å². The van der Waals surface area contributed by atoms with Gasteiger partial charge in [-0.2, -0.15) is 0 Å². The first kappa shape index (κ1) is 12.8. The first-order chi connectivity index (χ1) is 7.42. The largest absolute Gasteiger partial charge is 0.548 e. The van der Waals surface area contributed by atoms with Crippen LogP contribution in [-0.2, 0) is 9.69 Å². The van der Waals surface area contributed by atoms with E-state index in [2.05, 4.69) is 9.69 Å². The molecule has 88 valence electrons. The van der Waals surface area contributed by atoms with E-state index in [0.29, 0.717) is 5.75 Å². The average Bonchev–Trinajstić information content (AvgIpc) is 2.25. The molecule has 1 aromatic rings. The molecule has 0 heterocycles. The van der Waals surface area contributed by atoms with E-state index in [1.54, 1.807) is 6.07 Å². The molecule has 1 rings (SSSR count). The van der Waals surface area contributed by atoms with E-state index < -0.39 is 13.5 Å². The van der Waals surface area contributed by atoms with Gasteiger partial charge in [-0.1, -0.05) is 12.1 Å². The summed E-state index contributed by atoms with van der Waals surface area (Å²) in [6.45, 7) is 0. The quantitative estimate of drug-likeness (QED) is 0.478. The molecule has 0 bridgehead atoms. The zero-order chi connectivity index (χ0) is 12.2. The van der Waals surface area contributed by atoms with Gasteiger partial charge >= 0.3 is 13.5 Å². The van der Waals surface area contributed by atoms with Crippen LogP contribution in [0.4, 0.5) is 13.2 Å². The molecule has 0 saturated heterocycles. The molecule has 0 fully saturated rings. The molecule has 0 aliphatic carbocycles. The highest BCUT2D eigenvalue weighted by molar-refractivity contribution is 6.59. The lowest BCUT2D eigenvalue weighted by Gasteiger charge is -2.10. The van der Waals surface area contributed by atoms with Crippen LogP contribution in [0.3, 0.4) is 0 Å². The molecule has 4 nitrogen and oxygen atoms in total. The molecule has 0 aliphatic rings. The smallest absolute Gasteiger partial charge is 0.497 e. The van der Waals surface area contributed by atoms with Gasteiger partial charge in [-0.25, -0.2) is 0 Å². The minimum Gasteiger partial charge on any atom is -0.497 e. The van der Waals surface area contributed by atoms with E-state index in [1.807, 2.05) is 0 Å². The van der Waals surface area contributed by atoms with Crippen molar-refractivity contribution < 1.29 is 32.6 Å². The normalized spacial score (nSPS) is 11.3. The van der Waals surface area contributed by atoms with E-state index in [4.69, 9.17) is 4.74 Å². The Morgan fingerprint density at radius 2 is 2.00 bits per heavy atom. The molecule has 1 N–H and O–H groups in total. The third-order valence-corrected chi connectivity index (χ3v) is 1.61. The van der Waals surface area contributed by atoms with Crippen LogP contribution in [0.1, 0.15) is 0 Å². The van der Waals surface area contributed by atoms with Crippen LogP contribution in [0, 0.1) is 0 Å². The lowest BCUT2D eigenvalue weighted by Crippen LogP contribution is -2.35. The summed E-state index contributed by atoms with van der Waals surface area (Å²) in [5, 5.41) is 9.20. The van der Waals surface area contributed by atoms with Gasteiger partial charge in [0, 0.05) is 0 Å². The van der Waals surface area contributed by atoms with Crippen molar-refractivity contribution in [2.45, 2.75) is 6.36 Å². The second-order valence-corrected chi connectivity index (χ2v) is 2.75. The maximum atomic E-state index is 11.6. The van der Waals surface area contributed by atoms with Crippen LogP contribution >= 0.6 is 0 Å². The van der Waals surface area contributed by atoms with Crippen molar-refractivity contribution in [2.75, 3.05) is 7.11 Å². The summed E-state index contributed by atoms with van der Waals surface area (Å²) in [5.41, 5.74) is 0.0867. The number of halogens is 3. The molecule has 1 aromatic carbocycles. The Hall–Kier alpha value is -1.25. The summed E-state index contributed by atoms with van der Waals surface area (Å²) in [7, 11) is -0.449. The van der Waals surface area contributed by atoms with E-state index >= 15 is 0 Å². The summed E-state index contributed by atoms with van der Waals surface area (Å²) in [6.07, 6.45) is -4.96. The monoisotopic (exact) mass is 236 g/mol. The third-order valence-electron chi connectivity index (χ3n) is 1.61. The fourth-order valence-electron chi connectivity index (χ4n) is 0.951. The highest BCUT2D eigenvalue weighted by atomic mass is 19.4. The average molecular weight is 236 g/mol. The van der Waals surface area contributed by atoms with E-state index in [1.165, 1.54) is 25.3 Å². The zero-order valence-electron chi connectivity index (χ0n) is 8.19. The van der Waals surface area contributed by atoms with Gasteiger partial charge in [0.25, 0.3) is 0 Å². The number of hydrogen-bond acceptors (Lipinski definition) is 4. The Balaban J connectivity index is 2.62. The van der Waals surface area contributed by atoms with Crippen molar-refractivity contribution in [3.05, 3.63) is 24.3 Å². The number of methoxy groups -OCH3 is 1. The minimum absolute atomic E-state index is 0.0867. The van der Waals surface area contributed by atoms with Crippen molar-refractivity contribution in [3.63, 3.8) is 0 Å². The maximum Gasteiger partial charge on any atom is 0.548 e. The summed E-state index contributed by atoms with van der Waals surface area (Å²) in [4.78, 5) is 6.80. The lowest BCUT2D eigenvalue weighted by molar-refractivity contribution is -0.451. The topological polar surface area (TPSA) is 47.9 Å². The van der Waals surface area contributed by atoms with Gasteiger partial charge in [-0.3, -0.25) is 4.81 Å². The van der Waals surface area contributed by atoms with Crippen molar-refractivity contribution in [1.82, 2.24) is 0 Å². The van der Waals surface area contributed by atoms with Gasteiger partial charge in [0.2, 0.25) is 0 Å². The summed E-state index contributed by atoms with van der Waals surface area (Å²) in [6, 6.07) is 5.76. The molecule has 0 unspecified atom stereocenters. The number of ether oxygens (including phenoxy) is 1. The molecule has 0 aliphatic heterocycles. The Morgan fingerprint density at radius 3 is 2.56 bits per heavy atom. The number of hydrogen-bond donors (Lipinski definition) is 1. The SMILES string of the molecule is COc1cccc(B(O)OOC(F)(F)F)c1. The molecule has 8 heteroatoms. The molecule has 0 spiro atoms. The Bertz CT molecular complexity index is 344. The third kappa shape index (κ3) is 4.09. The predicted molar refractivity (Wildman–Crippen MR) is 48.8 cm³/mol. The van der Waals surface area contributed by atoms with Crippen LogP contribution in [0.2, 0.25) is 0 Å². The number of rotatable bonds is 4. The van der Waals surface area contributed by atoms with Gasteiger partial charge in [-0.15, -0.1) is 18.1 Å². The molecule has 0 saturated carbocycles. The molecule has 0 atom stereocenters. The highest BCUT2D eigenvalue weighted by Gasteiger charge is 2.34. The number of alkyl halides is 3. The highest BCUT2D eigenvalue weighted by Crippen LogP contribution is 2.16.